The minimum Gasteiger partial charge on any atom is -0.394 e. The summed E-state index contributed by atoms with van der Waals surface area (Å²) in [6.07, 6.45) is 3.34. The maximum absolute atomic E-state index is 11.7. The number of amides is 2. The third-order valence-corrected chi connectivity index (χ3v) is 2.56. The molecule has 0 aromatic rings. The highest BCUT2D eigenvalue weighted by atomic mass is 16.5. The number of likely N-dealkylation sites (tertiary alicyclic amines) is 1. The fourth-order valence-electron chi connectivity index (χ4n) is 1.70. The van der Waals surface area contributed by atoms with Crippen LogP contribution in [0.5, 0.6) is 0 Å². The molecule has 1 rings (SSSR count). The number of aliphatic hydroxyl groups excluding tert-OH is 1. The van der Waals surface area contributed by atoms with Crippen molar-refractivity contribution in [2.75, 3.05) is 33.4 Å². The molecule has 1 heterocycles. The van der Waals surface area contributed by atoms with E-state index in [0.717, 1.165) is 25.9 Å². The summed E-state index contributed by atoms with van der Waals surface area (Å²) in [5.41, 5.74) is 0. The molecule has 15 heavy (non-hydrogen) atoms. The van der Waals surface area contributed by atoms with Crippen LogP contribution in [0.15, 0.2) is 0 Å². The summed E-state index contributed by atoms with van der Waals surface area (Å²) in [4.78, 5) is 13.5. The number of nitrogens with one attached hydrogen (secondary N) is 1. The summed E-state index contributed by atoms with van der Waals surface area (Å²) in [7, 11) is 1.55. The quantitative estimate of drug-likeness (QED) is 0.705. The van der Waals surface area contributed by atoms with Crippen LogP contribution in [-0.2, 0) is 4.74 Å². The minimum atomic E-state index is -0.301. The molecular formula is C10H20N2O3. The molecule has 2 amide bonds. The van der Waals surface area contributed by atoms with Gasteiger partial charge < -0.3 is 20.1 Å². The van der Waals surface area contributed by atoms with Crippen molar-refractivity contribution >= 4 is 6.03 Å². The van der Waals surface area contributed by atoms with E-state index in [-0.39, 0.29) is 18.7 Å². The molecular weight excluding hydrogens is 196 g/mol. The number of ether oxygens (including phenoxy) is 1. The van der Waals surface area contributed by atoms with Crippen LogP contribution < -0.4 is 5.32 Å². The highest BCUT2D eigenvalue weighted by Crippen LogP contribution is 2.08. The van der Waals surface area contributed by atoms with Crippen LogP contribution >= 0.6 is 0 Å². The number of hydrogen-bond donors (Lipinski definition) is 2. The molecule has 1 unspecified atom stereocenters. The maximum atomic E-state index is 11.7. The Labute approximate surface area is 90.4 Å². The van der Waals surface area contributed by atoms with Crippen molar-refractivity contribution in [1.82, 2.24) is 10.2 Å². The second kappa shape index (κ2) is 6.63. The van der Waals surface area contributed by atoms with Crippen LogP contribution in [0.1, 0.15) is 19.3 Å². The van der Waals surface area contributed by atoms with Crippen molar-refractivity contribution in [3.8, 4) is 0 Å². The zero-order chi connectivity index (χ0) is 11.1. The van der Waals surface area contributed by atoms with E-state index in [9.17, 15) is 4.79 Å². The molecule has 0 radical (unpaired) electrons. The monoisotopic (exact) mass is 216 g/mol. The fourth-order valence-corrected chi connectivity index (χ4v) is 1.70. The molecule has 0 spiro atoms. The molecule has 1 saturated heterocycles. The van der Waals surface area contributed by atoms with Gasteiger partial charge in [0.05, 0.1) is 19.3 Å². The van der Waals surface area contributed by atoms with Gasteiger partial charge in [0.2, 0.25) is 0 Å². The first-order valence-corrected chi connectivity index (χ1v) is 5.43. The van der Waals surface area contributed by atoms with Crippen molar-refractivity contribution in [3.05, 3.63) is 0 Å². The number of hydrogen-bond acceptors (Lipinski definition) is 3. The largest absolute Gasteiger partial charge is 0.394 e. The second-order valence-electron chi connectivity index (χ2n) is 3.83. The normalized spacial score (nSPS) is 18.7. The van der Waals surface area contributed by atoms with Crippen molar-refractivity contribution < 1.29 is 14.6 Å². The van der Waals surface area contributed by atoms with E-state index >= 15 is 0 Å². The zero-order valence-corrected chi connectivity index (χ0v) is 9.24. The number of urea groups is 1. The molecule has 5 nitrogen and oxygen atoms in total. The Hall–Kier alpha value is -0.810. The third-order valence-electron chi connectivity index (χ3n) is 2.56. The van der Waals surface area contributed by atoms with Crippen molar-refractivity contribution in [3.63, 3.8) is 0 Å². The predicted molar refractivity (Wildman–Crippen MR) is 56.7 cm³/mol. The first kappa shape index (κ1) is 12.3. The maximum Gasteiger partial charge on any atom is 0.317 e. The Balaban J connectivity index is 2.31. The van der Waals surface area contributed by atoms with Crippen molar-refractivity contribution in [1.29, 1.82) is 0 Å². The fraction of sp³-hybridized carbons (Fsp3) is 0.900. The van der Waals surface area contributed by atoms with E-state index in [1.807, 2.05) is 0 Å². The van der Waals surface area contributed by atoms with Crippen LogP contribution in [0.3, 0.4) is 0 Å². The van der Waals surface area contributed by atoms with E-state index < -0.39 is 0 Å². The summed E-state index contributed by atoms with van der Waals surface area (Å²) in [6, 6.07) is -0.393. The average Bonchev–Trinajstić information content (AvgIpc) is 2.29. The number of aliphatic hydroxyl groups is 1. The molecule has 88 valence electrons. The van der Waals surface area contributed by atoms with Gasteiger partial charge in [-0.1, -0.05) is 0 Å². The smallest absolute Gasteiger partial charge is 0.317 e. The number of methoxy groups -OCH3 is 1. The van der Waals surface area contributed by atoms with Gasteiger partial charge in [0.25, 0.3) is 0 Å². The van der Waals surface area contributed by atoms with E-state index in [1.165, 1.54) is 6.42 Å². The van der Waals surface area contributed by atoms with Crippen LogP contribution in [0.2, 0.25) is 0 Å². The lowest BCUT2D eigenvalue weighted by molar-refractivity contribution is 0.121. The molecule has 0 aliphatic carbocycles. The number of carbonyl (C=O) groups is 1. The minimum absolute atomic E-state index is 0.0899. The number of piperidine rings is 1. The number of nitrogens with zero attached hydrogens (tertiary/aromatic N) is 1. The van der Waals surface area contributed by atoms with Gasteiger partial charge in [-0.05, 0) is 19.3 Å². The van der Waals surface area contributed by atoms with E-state index in [2.05, 4.69) is 5.32 Å². The second-order valence-corrected chi connectivity index (χ2v) is 3.83. The lowest BCUT2D eigenvalue weighted by atomic mass is 10.1. The van der Waals surface area contributed by atoms with E-state index in [1.54, 1.807) is 12.0 Å². The van der Waals surface area contributed by atoms with Gasteiger partial charge in [0.1, 0.15) is 0 Å². The molecule has 2 N–H and O–H groups in total. The Bertz CT molecular complexity index is 193. The Morgan fingerprint density at radius 2 is 2.13 bits per heavy atom. The van der Waals surface area contributed by atoms with Gasteiger partial charge in [0, 0.05) is 20.2 Å². The predicted octanol–water partition coefficient (Wildman–Crippen LogP) is 0.189. The molecule has 1 fully saturated rings. The topological polar surface area (TPSA) is 61.8 Å². The Morgan fingerprint density at radius 3 is 2.67 bits per heavy atom. The van der Waals surface area contributed by atoms with Gasteiger partial charge >= 0.3 is 6.03 Å². The molecule has 5 heteroatoms. The van der Waals surface area contributed by atoms with Gasteiger partial charge in [-0.3, -0.25) is 0 Å². The highest BCUT2D eigenvalue weighted by Gasteiger charge is 2.19. The van der Waals surface area contributed by atoms with Crippen molar-refractivity contribution in [2.24, 2.45) is 0 Å². The summed E-state index contributed by atoms with van der Waals surface area (Å²) >= 11 is 0. The lowest BCUT2D eigenvalue weighted by Crippen LogP contribution is -2.49. The van der Waals surface area contributed by atoms with E-state index in [0.29, 0.717) is 6.61 Å². The molecule has 1 aliphatic rings. The third kappa shape index (κ3) is 4.05. The zero-order valence-electron chi connectivity index (χ0n) is 9.24. The number of carbonyl (C=O) groups excluding carboxylic acids is 1. The van der Waals surface area contributed by atoms with Crippen LogP contribution in [0, 0.1) is 0 Å². The Kier molecular flexibility index (Phi) is 5.42. The van der Waals surface area contributed by atoms with Gasteiger partial charge in [-0.25, -0.2) is 4.79 Å². The van der Waals surface area contributed by atoms with Gasteiger partial charge in [-0.2, -0.15) is 0 Å². The highest BCUT2D eigenvalue weighted by molar-refractivity contribution is 5.74. The summed E-state index contributed by atoms with van der Waals surface area (Å²) in [6.45, 7) is 1.89. The summed E-state index contributed by atoms with van der Waals surface area (Å²) in [5.74, 6) is 0. The Morgan fingerprint density at radius 1 is 1.47 bits per heavy atom. The molecule has 0 saturated carbocycles. The average molecular weight is 216 g/mol. The van der Waals surface area contributed by atoms with Crippen LogP contribution in [0.4, 0.5) is 4.79 Å². The first-order chi connectivity index (χ1) is 7.27. The summed E-state index contributed by atoms with van der Waals surface area (Å²) < 4.78 is 4.89. The van der Waals surface area contributed by atoms with E-state index in [4.69, 9.17) is 9.84 Å². The van der Waals surface area contributed by atoms with Gasteiger partial charge in [-0.15, -0.1) is 0 Å². The van der Waals surface area contributed by atoms with Crippen LogP contribution in [0.25, 0.3) is 0 Å². The first-order valence-electron chi connectivity index (χ1n) is 5.43. The molecule has 1 atom stereocenters. The lowest BCUT2D eigenvalue weighted by Gasteiger charge is -2.28. The molecule has 0 aromatic carbocycles. The SMILES string of the molecule is COCC(CO)NC(=O)N1CCCCC1. The molecule has 1 aliphatic heterocycles. The molecule has 0 aromatic heterocycles. The molecule has 0 bridgehead atoms. The van der Waals surface area contributed by atoms with Gasteiger partial charge in [0.15, 0.2) is 0 Å². The standard InChI is InChI=1S/C10H20N2O3/c1-15-8-9(7-13)11-10(14)12-5-3-2-4-6-12/h9,13H,2-8H2,1H3,(H,11,14). The van der Waals surface area contributed by atoms with Crippen LogP contribution in [-0.4, -0.2) is 55.5 Å². The summed E-state index contributed by atoms with van der Waals surface area (Å²) in [5, 5.41) is 11.7. The number of rotatable bonds is 4. The van der Waals surface area contributed by atoms with Crippen molar-refractivity contribution in [2.45, 2.75) is 25.3 Å².